The first kappa shape index (κ1) is 13.4. The van der Waals surface area contributed by atoms with E-state index in [0.29, 0.717) is 0 Å². The number of alkyl halides is 3. The predicted octanol–water partition coefficient (Wildman–Crippen LogP) is 1.84. The number of rotatable bonds is 3. The van der Waals surface area contributed by atoms with Crippen LogP contribution < -0.4 is 5.32 Å². The second-order valence-electron chi connectivity index (χ2n) is 4.24. The molecule has 0 radical (unpaired) electrons. The third-order valence-corrected chi connectivity index (χ3v) is 4.72. The number of sulfone groups is 1. The molecule has 1 aromatic rings. The smallest absolute Gasteiger partial charge is 0.313 e. The molecule has 1 atom stereocenters. The first-order valence-corrected chi connectivity index (χ1v) is 7.08. The maximum absolute atomic E-state index is 12.3. The summed E-state index contributed by atoms with van der Waals surface area (Å²) in [4.78, 5) is -0.0656. The van der Waals surface area contributed by atoms with E-state index in [1.165, 1.54) is 0 Å². The van der Waals surface area contributed by atoms with Gasteiger partial charge in [0.1, 0.15) is 0 Å². The minimum absolute atomic E-state index is 0.0656. The molecule has 18 heavy (non-hydrogen) atoms. The molecule has 1 aromatic carbocycles. The molecule has 1 fully saturated rings. The number of halogens is 3. The zero-order valence-corrected chi connectivity index (χ0v) is 10.2. The van der Waals surface area contributed by atoms with Crippen LogP contribution in [0.3, 0.4) is 0 Å². The molecule has 1 unspecified atom stereocenters. The first-order valence-electron chi connectivity index (χ1n) is 5.42. The molecule has 0 bridgehead atoms. The van der Waals surface area contributed by atoms with E-state index in [1.807, 2.05) is 0 Å². The van der Waals surface area contributed by atoms with E-state index in [4.69, 9.17) is 0 Å². The summed E-state index contributed by atoms with van der Waals surface area (Å²) >= 11 is 0. The van der Waals surface area contributed by atoms with Crippen LogP contribution in [0.1, 0.15) is 12.0 Å². The van der Waals surface area contributed by atoms with Gasteiger partial charge in [-0.3, -0.25) is 0 Å². The van der Waals surface area contributed by atoms with E-state index in [9.17, 15) is 21.6 Å². The third kappa shape index (κ3) is 2.84. The van der Waals surface area contributed by atoms with Crippen molar-refractivity contribution < 1.29 is 21.6 Å². The molecule has 1 saturated heterocycles. The lowest BCUT2D eigenvalue weighted by Gasteiger charge is -2.27. The van der Waals surface area contributed by atoms with Gasteiger partial charge in [-0.1, -0.05) is 0 Å². The van der Waals surface area contributed by atoms with Crippen LogP contribution in [0.25, 0.3) is 0 Å². The van der Waals surface area contributed by atoms with Crippen LogP contribution >= 0.6 is 0 Å². The van der Waals surface area contributed by atoms with Gasteiger partial charge in [0, 0.05) is 6.04 Å². The third-order valence-electron chi connectivity index (χ3n) is 2.89. The minimum Gasteiger partial charge on any atom is -0.313 e. The molecule has 7 heteroatoms. The van der Waals surface area contributed by atoms with Crippen LogP contribution in [-0.4, -0.2) is 26.8 Å². The van der Waals surface area contributed by atoms with Gasteiger partial charge in [0.25, 0.3) is 0 Å². The summed E-state index contributed by atoms with van der Waals surface area (Å²) in [6.07, 6.45) is -3.67. The topological polar surface area (TPSA) is 46.2 Å². The summed E-state index contributed by atoms with van der Waals surface area (Å²) in [5, 5.41) is 2.95. The van der Waals surface area contributed by atoms with Gasteiger partial charge in [0.05, 0.1) is 16.2 Å². The van der Waals surface area contributed by atoms with E-state index in [0.717, 1.165) is 37.2 Å². The molecule has 0 spiro atoms. The second-order valence-corrected chi connectivity index (χ2v) is 6.28. The molecule has 1 aliphatic heterocycles. The molecule has 1 heterocycles. The lowest BCUT2D eigenvalue weighted by atomic mass is 10.1. The molecular weight excluding hydrogens is 267 g/mol. The van der Waals surface area contributed by atoms with Gasteiger partial charge in [-0.2, -0.15) is 13.2 Å². The molecule has 0 amide bonds. The van der Waals surface area contributed by atoms with Gasteiger partial charge in [0.2, 0.25) is 0 Å². The Morgan fingerprint density at radius 3 is 2.17 bits per heavy atom. The van der Waals surface area contributed by atoms with Gasteiger partial charge in [-0.25, -0.2) is 8.42 Å². The number of nitrogens with one attached hydrogen (secondary N) is 1. The average molecular weight is 279 g/mol. The van der Waals surface area contributed by atoms with Gasteiger partial charge in [0.15, 0.2) is 9.84 Å². The summed E-state index contributed by atoms with van der Waals surface area (Å²) in [6, 6.07) is 3.52. The summed E-state index contributed by atoms with van der Waals surface area (Å²) in [5.41, 5.74) is -0.844. The lowest BCUT2D eigenvalue weighted by molar-refractivity contribution is -0.137. The Morgan fingerprint density at radius 1 is 1.22 bits per heavy atom. The monoisotopic (exact) mass is 279 g/mol. The molecule has 0 saturated carbocycles. The van der Waals surface area contributed by atoms with Gasteiger partial charge < -0.3 is 5.32 Å². The number of hydrogen-bond acceptors (Lipinski definition) is 3. The maximum Gasteiger partial charge on any atom is 0.416 e. The fourth-order valence-electron chi connectivity index (χ4n) is 1.70. The number of hydrogen-bond donors (Lipinski definition) is 1. The van der Waals surface area contributed by atoms with Gasteiger partial charge in [-0.05, 0) is 37.2 Å². The minimum atomic E-state index is -4.45. The van der Waals surface area contributed by atoms with E-state index in [-0.39, 0.29) is 16.7 Å². The van der Waals surface area contributed by atoms with Crippen molar-refractivity contribution in [1.29, 1.82) is 0 Å². The van der Waals surface area contributed by atoms with Crippen molar-refractivity contribution in [2.24, 2.45) is 0 Å². The SMILES string of the molecule is O=S(=O)(CC1CCN1)c1ccc(C(F)(F)F)cc1. The van der Waals surface area contributed by atoms with Crippen molar-refractivity contribution in [2.45, 2.75) is 23.5 Å². The highest BCUT2D eigenvalue weighted by Crippen LogP contribution is 2.30. The molecule has 0 aliphatic carbocycles. The van der Waals surface area contributed by atoms with E-state index in [2.05, 4.69) is 5.32 Å². The normalized spacial score (nSPS) is 20.5. The Morgan fingerprint density at radius 2 is 1.78 bits per heavy atom. The quantitative estimate of drug-likeness (QED) is 0.918. The highest BCUT2D eigenvalue weighted by molar-refractivity contribution is 7.91. The number of benzene rings is 1. The lowest BCUT2D eigenvalue weighted by Crippen LogP contribution is -2.47. The van der Waals surface area contributed by atoms with Crippen molar-refractivity contribution in [3.63, 3.8) is 0 Å². The van der Waals surface area contributed by atoms with Crippen LogP contribution in [0.15, 0.2) is 29.2 Å². The Kier molecular flexibility index (Phi) is 3.37. The van der Waals surface area contributed by atoms with Crippen LogP contribution in [0.5, 0.6) is 0 Å². The molecule has 0 aromatic heterocycles. The van der Waals surface area contributed by atoms with Crippen molar-refractivity contribution in [3.05, 3.63) is 29.8 Å². The summed E-state index contributed by atoms with van der Waals surface area (Å²) in [5.74, 6) is -0.0711. The Hall–Kier alpha value is -1.08. The average Bonchev–Trinajstić information content (AvgIpc) is 2.23. The van der Waals surface area contributed by atoms with E-state index in [1.54, 1.807) is 0 Å². The van der Waals surface area contributed by atoms with Crippen LogP contribution in [0.4, 0.5) is 13.2 Å². The van der Waals surface area contributed by atoms with Crippen LogP contribution in [0, 0.1) is 0 Å². The van der Waals surface area contributed by atoms with Gasteiger partial charge in [-0.15, -0.1) is 0 Å². The maximum atomic E-state index is 12.3. The highest BCUT2D eigenvalue weighted by atomic mass is 32.2. The fraction of sp³-hybridized carbons (Fsp3) is 0.455. The fourth-order valence-corrected chi connectivity index (χ4v) is 3.26. The molecular formula is C11H12F3NO2S. The summed E-state index contributed by atoms with van der Waals surface area (Å²) < 4.78 is 60.7. The molecule has 100 valence electrons. The Balaban J connectivity index is 2.18. The standard InChI is InChI=1S/C11H12F3NO2S/c12-11(13,14)8-1-3-10(4-2-8)18(16,17)7-9-5-6-15-9/h1-4,9,15H,5-7H2. The largest absolute Gasteiger partial charge is 0.416 e. The zero-order valence-electron chi connectivity index (χ0n) is 9.37. The summed E-state index contributed by atoms with van der Waals surface area (Å²) in [7, 11) is -3.51. The van der Waals surface area contributed by atoms with Crippen molar-refractivity contribution in [3.8, 4) is 0 Å². The van der Waals surface area contributed by atoms with Crippen molar-refractivity contribution >= 4 is 9.84 Å². The van der Waals surface area contributed by atoms with E-state index >= 15 is 0 Å². The second kappa shape index (κ2) is 4.55. The van der Waals surface area contributed by atoms with Crippen LogP contribution in [-0.2, 0) is 16.0 Å². The molecule has 2 rings (SSSR count). The zero-order chi connectivity index (χ0) is 13.4. The highest BCUT2D eigenvalue weighted by Gasteiger charge is 2.31. The van der Waals surface area contributed by atoms with Crippen molar-refractivity contribution in [1.82, 2.24) is 5.32 Å². The van der Waals surface area contributed by atoms with Gasteiger partial charge >= 0.3 is 6.18 Å². The first-order chi connectivity index (χ1) is 8.29. The summed E-state index contributed by atoms with van der Waals surface area (Å²) in [6.45, 7) is 0.785. The molecule has 1 aliphatic rings. The van der Waals surface area contributed by atoms with Crippen molar-refractivity contribution in [2.75, 3.05) is 12.3 Å². The Bertz CT molecular complexity index is 518. The van der Waals surface area contributed by atoms with Crippen LogP contribution in [0.2, 0.25) is 0 Å². The molecule has 3 nitrogen and oxygen atoms in total. The van der Waals surface area contributed by atoms with E-state index < -0.39 is 21.6 Å². The Labute approximate surface area is 103 Å². The predicted molar refractivity (Wildman–Crippen MR) is 59.9 cm³/mol. The molecule has 1 N–H and O–H groups in total.